The summed E-state index contributed by atoms with van der Waals surface area (Å²) in [7, 11) is 0. The molecule has 1 spiro atoms. The zero-order valence-electron chi connectivity index (χ0n) is 7.83. The topological polar surface area (TPSA) is 28.2 Å². The number of hydrogen-bond donors (Lipinski definition) is 1. The molecule has 0 amide bonds. The summed E-state index contributed by atoms with van der Waals surface area (Å²) in [6.45, 7) is 4.34. The predicted molar refractivity (Wildman–Crippen MR) is 51.7 cm³/mol. The molecule has 1 N–H and O–H groups in total. The predicted octanol–water partition coefficient (Wildman–Crippen LogP) is 0.630. The second kappa shape index (κ2) is 2.67. The van der Waals surface area contributed by atoms with E-state index in [0.717, 1.165) is 32.0 Å². The summed E-state index contributed by atoms with van der Waals surface area (Å²) in [5.41, 5.74) is 0.496. The minimum Gasteiger partial charge on any atom is -0.355 e. The van der Waals surface area contributed by atoms with Crippen LogP contribution < -0.4 is 10.2 Å². The van der Waals surface area contributed by atoms with Crippen LogP contribution in [0.4, 0.5) is 10.2 Å². The Balaban J connectivity index is 1.70. The van der Waals surface area contributed by atoms with E-state index in [-0.39, 0.29) is 5.82 Å². The van der Waals surface area contributed by atoms with Crippen molar-refractivity contribution in [3.63, 3.8) is 0 Å². The molecule has 0 aliphatic carbocycles. The standard InChI is InChI=1S/C10H12FN3/c11-8-1-2-9(13-3-8)14-6-10(7-14)4-12-5-10/h1-3,12H,4-7H2. The van der Waals surface area contributed by atoms with Crippen LogP contribution in [-0.2, 0) is 0 Å². The summed E-state index contributed by atoms with van der Waals surface area (Å²) >= 11 is 0. The highest BCUT2D eigenvalue weighted by Gasteiger charge is 2.47. The van der Waals surface area contributed by atoms with Gasteiger partial charge in [-0.15, -0.1) is 0 Å². The van der Waals surface area contributed by atoms with Crippen LogP contribution in [-0.4, -0.2) is 31.2 Å². The average molecular weight is 193 g/mol. The lowest BCUT2D eigenvalue weighted by Gasteiger charge is -2.56. The van der Waals surface area contributed by atoms with E-state index in [1.54, 1.807) is 6.07 Å². The first-order valence-electron chi connectivity index (χ1n) is 4.85. The summed E-state index contributed by atoms with van der Waals surface area (Å²) in [5, 5.41) is 3.28. The van der Waals surface area contributed by atoms with Crippen LogP contribution >= 0.6 is 0 Å². The normalized spacial score (nSPS) is 23.1. The first kappa shape index (κ1) is 8.17. The van der Waals surface area contributed by atoms with E-state index >= 15 is 0 Å². The van der Waals surface area contributed by atoms with Crippen LogP contribution in [0.15, 0.2) is 18.3 Å². The van der Waals surface area contributed by atoms with E-state index in [1.807, 2.05) is 0 Å². The summed E-state index contributed by atoms with van der Waals surface area (Å²) in [4.78, 5) is 6.25. The number of hydrogen-bond acceptors (Lipinski definition) is 3. The van der Waals surface area contributed by atoms with Gasteiger partial charge in [0.25, 0.3) is 0 Å². The number of aromatic nitrogens is 1. The fraction of sp³-hybridized carbons (Fsp3) is 0.500. The minimum absolute atomic E-state index is 0.269. The molecule has 1 aromatic heterocycles. The molecule has 1 aromatic rings. The Hall–Kier alpha value is -1.16. The molecule has 3 nitrogen and oxygen atoms in total. The molecular weight excluding hydrogens is 181 g/mol. The molecule has 0 bridgehead atoms. The van der Waals surface area contributed by atoms with Crippen molar-refractivity contribution in [3.05, 3.63) is 24.1 Å². The second-order valence-electron chi connectivity index (χ2n) is 4.29. The quantitative estimate of drug-likeness (QED) is 0.709. The highest BCUT2D eigenvalue weighted by atomic mass is 19.1. The van der Waals surface area contributed by atoms with E-state index in [1.165, 1.54) is 12.3 Å². The van der Waals surface area contributed by atoms with E-state index in [2.05, 4.69) is 15.2 Å². The average Bonchev–Trinajstić information content (AvgIpc) is 2.03. The van der Waals surface area contributed by atoms with Crippen LogP contribution in [0.25, 0.3) is 0 Å². The molecule has 74 valence electrons. The van der Waals surface area contributed by atoms with Gasteiger partial charge in [-0.1, -0.05) is 0 Å². The van der Waals surface area contributed by atoms with Gasteiger partial charge in [0.1, 0.15) is 11.6 Å². The summed E-state index contributed by atoms with van der Waals surface area (Å²) in [6, 6.07) is 3.21. The van der Waals surface area contributed by atoms with Gasteiger partial charge in [-0.25, -0.2) is 9.37 Å². The monoisotopic (exact) mass is 193 g/mol. The Morgan fingerprint density at radius 1 is 1.36 bits per heavy atom. The van der Waals surface area contributed by atoms with Gasteiger partial charge in [-0.3, -0.25) is 0 Å². The van der Waals surface area contributed by atoms with Crippen LogP contribution in [0.3, 0.4) is 0 Å². The minimum atomic E-state index is -0.269. The first-order valence-corrected chi connectivity index (χ1v) is 4.85. The Morgan fingerprint density at radius 3 is 2.64 bits per heavy atom. The molecule has 0 radical (unpaired) electrons. The highest BCUT2D eigenvalue weighted by Crippen LogP contribution is 2.36. The summed E-state index contributed by atoms with van der Waals surface area (Å²) < 4.78 is 12.6. The molecule has 14 heavy (non-hydrogen) atoms. The largest absolute Gasteiger partial charge is 0.355 e. The van der Waals surface area contributed by atoms with E-state index in [4.69, 9.17) is 0 Å². The molecule has 2 saturated heterocycles. The zero-order chi connectivity index (χ0) is 9.60. The molecule has 2 fully saturated rings. The second-order valence-corrected chi connectivity index (χ2v) is 4.29. The maximum atomic E-state index is 12.6. The van der Waals surface area contributed by atoms with Crippen LogP contribution in [0.5, 0.6) is 0 Å². The Bertz CT molecular complexity index is 337. The highest BCUT2D eigenvalue weighted by molar-refractivity contribution is 5.43. The van der Waals surface area contributed by atoms with Gasteiger partial charge < -0.3 is 10.2 Å². The van der Waals surface area contributed by atoms with Crippen molar-refractivity contribution in [2.75, 3.05) is 31.1 Å². The maximum Gasteiger partial charge on any atom is 0.141 e. The van der Waals surface area contributed by atoms with Crippen molar-refractivity contribution in [1.29, 1.82) is 0 Å². The van der Waals surface area contributed by atoms with Crippen molar-refractivity contribution in [3.8, 4) is 0 Å². The van der Waals surface area contributed by atoms with E-state index in [9.17, 15) is 4.39 Å². The fourth-order valence-corrected chi connectivity index (χ4v) is 2.18. The molecule has 0 atom stereocenters. The van der Waals surface area contributed by atoms with E-state index < -0.39 is 0 Å². The van der Waals surface area contributed by atoms with Gasteiger partial charge >= 0.3 is 0 Å². The molecular formula is C10H12FN3. The van der Waals surface area contributed by atoms with Crippen molar-refractivity contribution in [1.82, 2.24) is 10.3 Å². The number of anilines is 1. The molecule has 0 saturated carbocycles. The SMILES string of the molecule is Fc1ccc(N2CC3(CNC3)C2)nc1. The molecule has 2 aliphatic heterocycles. The van der Waals surface area contributed by atoms with Crippen LogP contribution in [0.1, 0.15) is 0 Å². The van der Waals surface area contributed by atoms with Gasteiger partial charge in [-0.2, -0.15) is 0 Å². The lowest BCUT2D eigenvalue weighted by molar-refractivity contribution is 0.120. The van der Waals surface area contributed by atoms with Gasteiger partial charge in [0.2, 0.25) is 0 Å². The van der Waals surface area contributed by atoms with E-state index in [0.29, 0.717) is 5.41 Å². The van der Waals surface area contributed by atoms with Crippen LogP contribution in [0, 0.1) is 11.2 Å². The van der Waals surface area contributed by atoms with Crippen molar-refractivity contribution >= 4 is 5.82 Å². The summed E-state index contributed by atoms with van der Waals surface area (Å²) in [6.07, 6.45) is 1.28. The number of nitrogens with one attached hydrogen (secondary N) is 1. The fourth-order valence-electron chi connectivity index (χ4n) is 2.18. The maximum absolute atomic E-state index is 12.6. The zero-order valence-corrected chi connectivity index (χ0v) is 7.83. The van der Waals surface area contributed by atoms with Crippen molar-refractivity contribution in [2.24, 2.45) is 5.41 Å². The van der Waals surface area contributed by atoms with Crippen LogP contribution in [0.2, 0.25) is 0 Å². The third-order valence-electron chi connectivity index (χ3n) is 3.09. The molecule has 3 rings (SSSR count). The molecule has 0 aromatic carbocycles. The lowest BCUT2D eigenvalue weighted by atomic mass is 9.74. The van der Waals surface area contributed by atoms with Gasteiger partial charge in [0.15, 0.2) is 0 Å². The van der Waals surface area contributed by atoms with Gasteiger partial charge in [-0.05, 0) is 12.1 Å². The molecule has 2 aliphatic rings. The third-order valence-corrected chi connectivity index (χ3v) is 3.09. The lowest BCUT2D eigenvalue weighted by Crippen LogP contribution is -2.71. The smallest absolute Gasteiger partial charge is 0.141 e. The number of pyridine rings is 1. The Morgan fingerprint density at radius 2 is 2.14 bits per heavy atom. The Kier molecular flexibility index (Phi) is 1.56. The van der Waals surface area contributed by atoms with Crippen molar-refractivity contribution in [2.45, 2.75) is 0 Å². The summed E-state index contributed by atoms with van der Waals surface area (Å²) in [5.74, 6) is 0.623. The number of nitrogens with zero attached hydrogens (tertiary/aromatic N) is 2. The van der Waals surface area contributed by atoms with Gasteiger partial charge in [0, 0.05) is 31.6 Å². The number of rotatable bonds is 1. The van der Waals surface area contributed by atoms with Crippen molar-refractivity contribution < 1.29 is 4.39 Å². The molecule has 0 unspecified atom stereocenters. The molecule has 3 heterocycles. The number of halogens is 1. The third kappa shape index (κ3) is 1.10. The molecule has 4 heteroatoms. The first-order chi connectivity index (χ1) is 6.77. The Labute approximate surface area is 81.9 Å². The van der Waals surface area contributed by atoms with Gasteiger partial charge in [0.05, 0.1) is 6.20 Å².